The number of nitrogens with one attached hydrogen (secondary N) is 1. The van der Waals surface area contributed by atoms with Crippen molar-refractivity contribution in [2.24, 2.45) is 0 Å². The maximum Gasteiger partial charge on any atom is 0.308 e. The van der Waals surface area contributed by atoms with E-state index in [4.69, 9.17) is 9.47 Å². The van der Waals surface area contributed by atoms with Crippen molar-refractivity contribution in [2.75, 3.05) is 26.7 Å². The van der Waals surface area contributed by atoms with Crippen molar-refractivity contribution in [2.45, 2.75) is 81.8 Å². The number of likely N-dealkylation sites (tertiary alicyclic amines) is 1. The average Bonchev–Trinajstić information content (AvgIpc) is 2.93. The van der Waals surface area contributed by atoms with Gasteiger partial charge in [0.15, 0.2) is 0 Å². The molecule has 1 aliphatic carbocycles. The van der Waals surface area contributed by atoms with Crippen LogP contribution in [0, 0.1) is 0 Å². The number of esters is 1. The van der Waals surface area contributed by atoms with Crippen molar-refractivity contribution in [3.8, 4) is 5.75 Å². The van der Waals surface area contributed by atoms with E-state index in [9.17, 15) is 9.59 Å². The smallest absolute Gasteiger partial charge is 0.308 e. The summed E-state index contributed by atoms with van der Waals surface area (Å²) in [6.45, 7) is 7.90. The zero-order valence-corrected chi connectivity index (χ0v) is 23.6. The van der Waals surface area contributed by atoms with Crippen LogP contribution in [0.5, 0.6) is 5.75 Å². The Kier molecular flexibility index (Phi) is 9.98. The quantitative estimate of drug-likeness (QED) is 0.167. The van der Waals surface area contributed by atoms with E-state index in [1.54, 1.807) is 0 Å². The van der Waals surface area contributed by atoms with Crippen LogP contribution in [0.1, 0.15) is 69.4 Å². The van der Waals surface area contributed by atoms with E-state index in [0.717, 1.165) is 76.6 Å². The van der Waals surface area contributed by atoms with E-state index in [1.165, 1.54) is 12.5 Å². The second-order valence-corrected chi connectivity index (χ2v) is 11.2. The van der Waals surface area contributed by atoms with Gasteiger partial charge in [-0.15, -0.1) is 6.58 Å². The molecule has 1 saturated carbocycles. The summed E-state index contributed by atoms with van der Waals surface area (Å²) in [5.74, 6) is 0.355. The summed E-state index contributed by atoms with van der Waals surface area (Å²) in [5.41, 5.74) is 1.76. The molecule has 0 bridgehead atoms. The number of carbonyl (C=O) groups excluding carboxylic acids is 2. The topological polar surface area (TPSA) is 67.9 Å². The number of methoxy groups -OCH3 is 1. The molecule has 6 nitrogen and oxygen atoms in total. The van der Waals surface area contributed by atoms with Crippen LogP contribution in [0.25, 0.3) is 0 Å². The Labute approximate surface area is 233 Å². The number of piperidine rings is 1. The molecule has 0 aromatic heterocycles. The highest BCUT2D eigenvalue weighted by Gasteiger charge is 2.58. The van der Waals surface area contributed by atoms with Gasteiger partial charge in [-0.25, -0.2) is 0 Å². The van der Waals surface area contributed by atoms with Gasteiger partial charge in [0.1, 0.15) is 5.75 Å². The Morgan fingerprint density at radius 1 is 1.10 bits per heavy atom. The Morgan fingerprint density at radius 3 is 2.67 bits per heavy atom. The summed E-state index contributed by atoms with van der Waals surface area (Å²) in [7, 11) is 1.82. The van der Waals surface area contributed by atoms with Crippen LogP contribution in [-0.4, -0.2) is 55.2 Å². The molecule has 0 spiro atoms. The van der Waals surface area contributed by atoms with Gasteiger partial charge >= 0.3 is 5.97 Å². The highest BCUT2D eigenvalue weighted by molar-refractivity contribution is 5.76. The lowest BCUT2D eigenvalue weighted by Gasteiger charge is -2.59. The van der Waals surface area contributed by atoms with Crippen molar-refractivity contribution in [3.05, 3.63) is 78.4 Å². The van der Waals surface area contributed by atoms with Crippen molar-refractivity contribution in [1.82, 2.24) is 10.2 Å². The summed E-state index contributed by atoms with van der Waals surface area (Å²) in [4.78, 5) is 27.1. The molecule has 6 heteroatoms. The van der Waals surface area contributed by atoms with Crippen molar-refractivity contribution < 1.29 is 19.1 Å². The fraction of sp³-hybridized carbons (Fsp3) is 0.515. The van der Waals surface area contributed by atoms with Crippen LogP contribution in [0.2, 0.25) is 0 Å². The minimum atomic E-state index is -0.401. The Balaban J connectivity index is 1.44. The van der Waals surface area contributed by atoms with Crippen LogP contribution in [0.3, 0.4) is 0 Å². The third-order valence-electron chi connectivity index (χ3n) is 8.70. The number of benzene rings is 2. The number of nitrogens with zero attached hydrogens (tertiary/aromatic N) is 1. The number of hydrogen-bond acceptors (Lipinski definition) is 5. The highest BCUT2D eigenvalue weighted by atomic mass is 16.5. The van der Waals surface area contributed by atoms with Gasteiger partial charge in [-0.1, -0.05) is 55.0 Å². The maximum absolute atomic E-state index is 13.0. The number of carbonyl (C=O) groups is 2. The Bertz CT molecular complexity index is 1120. The van der Waals surface area contributed by atoms with Crippen LogP contribution >= 0.6 is 0 Å². The number of aryl methyl sites for hydroxylation is 1. The van der Waals surface area contributed by atoms with E-state index >= 15 is 0 Å². The molecule has 3 atom stereocenters. The number of amides is 1. The molecule has 1 N–H and O–H groups in total. The number of fused-ring (bicyclic) bond motifs is 1. The molecule has 39 heavy (non-hydrogen) atoms. The molecular weight excluding hydrogens is 488 g/mol. The molecule has 1 amide bonds. The van der Waals surface area contributed by atoms with Crippen molar-refractivity contribution in [1.29, 1.82) is 0 Å². The van der Waals surface area contributed by atoms with Crippen LogP contribution in [-0.2, 0) is 26.2 Å². The predicted molar refractivity (Wildman–Crippen MR) is 155 cm³/mol. The molecular formula is C33H44N2O4. The fourth-order valence-corrected chi connectivity index (χ4v) is 6.81. The van der Waals surface area contributed by atoms with E-state index in [1.807, 2.05) is 37.5 Å². The summed E-state index contributed by atoms with van der Waals surface area (Å²) in [6, 6.07) is 18.5. The highest BCUT2D eigenvalue weighted by Crippen LogP contribution is 2.53. The molecule has 2 fully saturated rings. The average molecular weight is 533 g/mol. The van der Waals surface area contributed by atoms with Gasteiger partial charge in [0, 0.05) is 45.0 Å². The van der Waals surface area contributed by atoms with Gasteiger partial charge in [0.25, 0.3) is 0 Å². The van der Waals surface area contributed by atoms with E-state index < -0.39 is 5.60 Å². The molecule has 2 aromatic carbocycles. The summed E-state index contributed by atoms with van der Waals surface area (Å²) in [6.07, 6.45) is 10.0. The van der Waals surface area contributed by atoms with Gasteiger partial charge in [0.2, 0.25) is 5.91 Å². The first-order chi connectivity index (χ1) is 18.9. The fourth-order valence-electron chi connectivity index (χ4n) is 6.81. The first-order valence-electron chi connectivity index (χ1n) is 14.4. The van der Waals surface area contributed by atoms with E-state index in [-0.39, 0.29) is 23.3 Å². The largest absolute Gasteiger partial charge is 0.427 e. The zero-order valence-electron chi connectivity index (χ0n) is 23.6. The molecule has 2 aliphatic rings. The summed E-state index contributed by atoms with van der Waals surface area (Å²) < 4.78 is 11.9. The van der Waals surface area contributed by atoms with E-state index in [2.05, 4.69) is 47.1 Å². The van der Waals surface area contributed by atoms with Crippen molar-refractivity contribution in [3.63, 3.8) is 0 Å². The lowest BCUT2D eigenvalue weighted by Crippen LogP contribution is -2.67. The third kappa shape index (κ3) is 6.98. The number of hydrogen-bond donors (Lipinski definition) is 1. The molecule has 1 aliphatic heterocycles. The molecule has 1 heterocycles. The molecule has 0 unspecified atom stereocenters. The second kappa shape index (κ2) is 13.4. The standard InChI is InChI=1S/C33H44N2O4/c1-4-21-35-22-20-32(28-15-11-16-30(23-28)39-26(2)36)24-29(18-19-33(32,25-35)38-3)34-31(37)17-10-6-9-14-27-12-7-5-8-13-27/h4-5,7-8,11-13,15-16,23,29H,1,6,9-10,14,17-22,24-25H2,2-3H3,(H,34,37)/t29-,32+,33+/m1/s1. The summed E-state index contributed by atoms with van der Waals surface area (Å²) in [5, 5.41) is 3.37. The van der Waals surface area contributed by atoms with Gasteiger partial charge in [-0.2, -0.15) is 0 Å². The van der Waals surface area contributed by atoms with Gasteiger partial charge < -0.3 is 14.8 Å². The van der Waals surface area contributed by atoms with Crippen molar-refractivity contribution >= 4 is 11.9 Å². The molecule has 0 radical (unpaired) electrons. The van der Waals surface area contributed by atoms with Crippen LogP contribution in [0.15, 0.2) is 67.3 Å². The maximum atomic E-state index is 13.0. The van der Waals surface area contributed by atoms with E-state index in [0.29, 0.717) is 12.2 Å². The van der Waals surface area contributed by atoms with Gasteiger partial charge in [0.05, 0.1) is 5.60 Å². The molecule has 4 rings (SSSR count). The first-order valence-corrected chi connectivity index (χ1v) is 14.4. The minimum absolute atomic E-state index is 0.0772. The lowest BCUT2D eigenvalue weighted by molar-refractivity contribution is -0.149. The minimum Gasteiger partial charge on any atom is -0.427 e. The number of ether oxygens (including phenoxy) is 2. The Hall–Kier alpha value is -2.96. The monoisotopic (exact) mass is 532 g/mol. The molecule has 1 saturated heterocycles. The normalized spacial score (nSPS) is 24.9. The van der Waals surface area contributed by atoms with Gasteiger partial charge in [-0.3, -0.25) is 14.5 Å². The zero-order chi connectivity index (χ0) is 27.7. The summed E-state index contributed by atoms with van der Waals surface area (Å²) >= 11 is 0. The number of unbranched alkanes of at least 4 members (excludes halogenated alkanes) is 2. The first kappa shape index (κ1) is 29.0. The SMILES string of the molecule is C=CCN1CC[C@@]2(c3cccc(OC(C)=O)c3)C[C@H](NC(=O)CCCCCc3ccccc3)CC[C@]2(OC)C1. The lowest BCUT2D eigenvalue weighted by atomic mass is 9.55. The number of rotatable bonds is 12. The van der Waals surface area contributed by atoms with Crippen LogP contribution in [0.4, 0.5) is 0 Å². The van der Waals surface area contributed by atoms with Gasteiger partial charge in [-0.05, 0) is 74.8 Å². The van der Waals surface area contributed by atoms with Crippen LogP contribution < -0.4 is 10.1 Å². The molecule has 2 aromatic rings. The Morgan fingerprint density at radius 2 is 1.92 bits per heavy atom. The molecule has 210 valence electrons. The third-order valence-corrected chi connectivity index (χ3v) is 8.70. The second-order valence-electron chi connectivity index (χ2n) is 11.2. The predicted octanol–water partition coefficient (Wildman–Crippen LogP) is 5.60.